The molecule has 0 rings (SSSR count). The fourth-order valence-electron chi connectivity index (χ4n) is 11.6. The van der Waals surface area contributed by atoms with Gasteiger partial charge in [0, 0.05) is 12.8 Å². The van der Waals surface area contributed by atoms with Gasteiger partial charge in [0.2, 0.25) is 5.91 Å². The molecule has 488 valence electrons. The first-order valence-corrected chi connectivity index (χ1v) is 37.4. The average molecular weight is 1170 g/mol. The summed E-state index contributed by atoms with van der Waals surface area (Å²) >= 11 is 0. The van der Waals surface area contributed by atoms with Crippen molar-refractivity contribution in [2.24, 2.45) is 0 Å². The van der Waals surface area contributed by atoms with Crippen molar-refractivity contribution in [3.63, 3.8) is 0 Å². The second-order valence-electron chi connectivity index (χ2n) is 25.6. The van der Waals surface area contributed by atoms with E-state index in [-0.39, 0.29) is 18.5 Å². The zero-order chi connectivity index (χ0) is 59.9. The van der Waals surface area contributed by atoms with Gasteiger partial charge in [0.25, 0.3) is 0 Å². The smallest absolute Gasteiger partial charge is 0.305 e. The number of rotatable bonds is 70. The maximum Gasteiger partial charge on any atom is 0.305 e. The summed E-state index contributed by atoms with van der Waals surface area (Å²) in [5, 5.41) is 23.3. The molecule has 0 saturated heterocycles. The predicted molar refractivity (Wildman–Crippen MR) is 366 cm³/mol. The van der Waals surface area contributed by atoms with Gasteiger partial charge in [0.05, 0.1) is 25.4 Å². The number of hydrogen-bond donors (Lipinski definition) is 3. The fraction of sp³-hybridized carbons (Fsp3) is 0.870. The topological polar surface area (TPSA) is 95.9 Å². The molecule has 0 heterocycles. The Morgan fingerprint density at radius 2 is 0.602 bits per heavy atom. The highest BCUT2D eigenvalue weighted by molar-refractivity contribution is 5.76. The van der Waals surface area contributed by atoms with Crippen LogP contribution in [0.3, 0.4) is 0 Å². The number of nitrogens with one attached hydrogen (secondary N) is 1. The molecule has 0 aromatic carbocycles. The Morgan fingerprint density at radius 3 is 0.952 bits per heavy atom. The van der Waals surface area contributed by atoms with E-state index in [2.05, 4.69) is 55.6 Å². The van der Waals surface area contributed by atoms with Crippen LogP contribution in [0.2, 0.25) is 0 Å². The molecule has 6 nitrogen and oxygen atoms in total. The average Bonchev–Trinajstić information content (AvgIpc) is 3.49. The number of amides is 1. The summed E-state index contributed by atoms with van der Waals surface area (Å²) in [7, 11) is 0. The molecule has 0 saturated carbocycles. The predicted octanol–water partition coefficient (Wildman–Crippen LogP) is 24.4. The first kappa shape index (κ1) is 80.8. The van der Waals surface area contributed by atoms with Crippen LogP contribution in [0.25, 0.3) is 0 Å². The molecular weight excluding hydrogens is 1020 g/mol. The summed E-state index contributed by atoms with van der Waals surface area (Å²) in [5.74, 6) is -0.0558. The lowest BCUT2D eigenvalue weighted by Gasteiger charge is -2.20. The van der Waals surface area contributed by atoms with E-state index in [1.807, 2.05) is 6.08 Å². The molecule has 2 atom stereocenters. The van der Waals surface area contributed by atoms with E-state index < -0.39 is 12.1 Å². The van der Waals surface area contributed by atoms with Crippen LogP contribution in [0.4, 0.5) is 0 Å². The Hall–Kier alpha value is -2.18. The molecule has 6 heteroatoms. The molecule has 0 bridgehead atoms. The van der Waals surface area contributed by atoms with Crippen LogP contribution in [0.5, 0.6) is 0 Å². The van der Waals surface area contributed by atoms with E-state index in [4.69, 9.17) is 4.74 Å². The molecule has 0 aromatic rings. The van der Waals surface area contributed by atoms with Gasteiger partial charge >= 0.3 is 5.97 Å². The van der Waals surface area contributed by atoms with Crippen LogP contribution in [0.15, 0.2) is 48.6 Å². The van der Waals surface area contributed by atoms with Gasteiger partial charge < -0.3 is 20.3 Å². The van der Waals surface area contributed by atoms with Gasteiger partial charge in [-0.15, -0.1) is 0 Å². The van der Waals surface area contributed by atoms with Crippen molar-refractivity contribution in [3.05, 3.63) is 48.6 Å². The Kier molecular flexibility index (Phi) is 70.4. The monoisotopic (exact) mass is 1160 g/mol. The van der Waals surface area contributed by atoms with Crippen molar-refractivity contribution in [2.45, 2.75) is 418 Å². The third kappa shape index (κ3) is 68.8. The van der Waals surface area contributed by atoms with Gasteiger partial charge in [0.1, 0.15) is 0 Å². The molecule has 83 heavy (non-hydrogen) atoms. The van der Waals surface area contributed by atoms with E-state index in [9.17, 15) is 19.8 Å². The molecule has 3 N–H and O–H groups in total. The summed E-state index contributed by atoms with van der Waals surface area (Å²) in [5.41, 5.74) is 0. The normalized spacial score (nSPS) is 12.8. The van der Waals surface area contributed by atoms with Crippen LogP contribution in [0.1, 0.15) is 406 Å². The molecule has 0 aliphatic rings. The lowest BCUT2D eigenvalue weighted by molar-refractivity contribution is -0.143. The number of aliphatic hydroxyl groups excluding tert-OH is 2. The van der Waals surface area contributed by atoms with Gasteiger partial charge in [-0.2, -0.15) is 0 Å². The Morgan fingerprint density at radius 1 is 0.337 bits per heavy atom. The molecule has 2 unspecified atom stereocenters. The number of allylic oxidation sites excluding steroid dienone is 7. The minimum atomic E-state index is -0.848. The number of aliphatic hydroxyl groups is 2. The van der Waals surface area contributed by atoms with E-state index in [0.717, 1.165) is 51.4 Å². The summed E-state index contributed by atoms with van der Waals surface area (Å²) in [4.78, 5) is 24.7. The van der Waals surface area contributed by atoms with Crippen molar-refractivity contribution in [1.29, 1.82) is 0 Å². The minimum absolute atomic E-state index is 0.0106. The van der Waals surface area contributed by atoms with E-state index in [0.29, 0.717) is 19.4 Å². The van der Waals surface area contributed by atoms with Crippen LogP contribution >= 0.6 is 0 Å². The maximum atomic E-state index is 12.5. The number of ether oxygens (including phenoxy) is 1. The van der Waals surface area contributed by atoms with Gasteiger partial charge in [-0.3, -0.25) is 9.59 Å². The van der Waals surface area contributed by atoms with Crippen molar-refractivity contribution in [3.8, 4) is 0 Å². The maximum absolute atomic E-state index is 12.5. The third-order valence-electron chi connectivity index (χ3n) is 17.3. The second-order valence-corrected chi connectivity index (χ2v) is 25.6. The highest BCUT2D eigenvalue weighted by Crippen LogP contribution is 2.19. The molecule has 0 aromatic heterocycles. The van der Waals surface area contributed by atoms with Gasteiger partial charge in [-0.05, 0) is 89.9 Å². The SMILES string of the molecule is CCCCC/C=C\C/C=C\CCCCCCCCCCCC(=O)OCCCCCCCCCCCCCC/C=C\CCCCCCCCCCCCC(=O)NC(CO)C(O)/C=C/CCCCCCCCCCCCCCCCCCCCC. The molecule has 0 radical (unpaired) electrons. The molecule has 0 aliphatic heterocycles. The molecule has 0 aliphatic carbocycles. The number of unbranched alkanes of at least 4 members (excludes halogenated alkanes) is 53. The molecular formula is C77H145NO5. The van der Waals surface area contributed by atoms with Crippen LogP contribution in [-0.4, -0.2) is 47.4 Å². The number of esters is 1. The summed E-state index contributed by atoms with van der Waals surface area (Å²) < 4.78 is 5.51. The Bertz CT molecular complexity index is 1390. The lowest BCUT2D eigenvalue weighted by atomic mass is 10.0. The summed E-state index contributed by atoms with van der Waals surface area (Å²) in [6.07, 6.45) is 94.9. The third-order valence-corrected chi connectivity index (χ3v) is 17.3. The Balaban J connectivity index is 3.41. The zero-order valence-corrected chi connectivity index (χ0v) is 55.9. The molecule has 1 amide bonds. The van der Waals surface area contributed by atoms with Crippen LogP contribution in [-0.2, 0) is 14.3 Å². The van der Waals surface area contributed by atoms with Crippen molar-refractivity contribution < 1.29 is 24.5 Å². The largest absolute Gasteiger partial charge is 0.466 e. The number of carbonyl (C=O) groups excluding carboxylic acids is 2. The summed E-state index contributed by atoms with van der Waals surface area (Å²) in [6, 6.07) is -0.631. The first-order chi connectivity index (χ1) is 41.0. The van der Waals surface area contributed by atoms with Crippen LogP contribution < -0.4 is 5.32 Å². The van der Waals surface area contributed by atoms with Gasteiger partial charge in [0.15, 0.2) is 0 Å². The van der Waals surface area contributed by atoms with Crippen LogP contribution in [0, 0.1) is 0 Å². The standard InChI is InChI=1S/C77H145NO5/c1-3-5-7-9-11-13-15-17-19-21-23-30-34-37-41-45-49-53-57-61-65-69-75(80)74(73-79)78-76(81)70-66-62-58-54-50-46-42-38-35-31-28-26-24-25-27-29-32-36-40-44-48-52-56-60-64-68-72-83-77(82)71-67-63-59-55-51-47-43-39-33-22-20-18-16-14-12-10-8-6-4-2/h12,14,18,20,24,26,65,69,74-75,79-80H,3-11,13,15-17,19,21-23,25,27-64,66-68,70-73H2,1-2H3,(H,78,81)/b14-12-,20-18-,26-24-,69-65+. The Labute approximate surface area is 518 Å². The van der Waals surface area contributed by atoms with Crippen molar-refractivity contribution in [2.75, 3.05) is 13.2 Å². The van der Waals surface area contributed by atoms with E-state index >= 15 is 0 Å². The molecule has 0 spiro atoms. The highest BCUT2D eigenvalue weighted by atomic mass is 16.5. The lowest BCUT2D eigenvalue weighted by Crippen LogP contribution is -2.45. The summed E-state index contributed by atoms with van der Waals surface area (Å²) in [6.45, 7) is 4.91. The van der Waals surface area contributed by atoms with Crippen molar-refractivity contribution in [1.82, 2.24) is 5.32 Å². The van der Waals surface area contributed by atoms with E-state index in [1.54, 1.807) is 6.08 Å². The number of hydrogen-bond acceptors (Lipinski definition) is 5. The zero-order valence-electron chi connectivity index (χ0n) is 55.9. The minimum Gasteiger partial charge on any atom is -0.466 e. The first-order valence-electron chi connectivity index (χ1n) is 37.4. The quantitative estimate of drug-likeness (QED) is 0.0320. The number of carbonyl (C=O) groups is 2. The molecule has 0 fully saturated rings. The second kappa shape index (κ2) is 72.3. The van der Waals surface area contributed by atoms with Crippen molar-refractivity contribution >= 4 is 11.9 Å². The fourth-order valence-corrected chi connectivity index (χ4v) is 11.6. The van der Waals surface area contributed by atoms with E-state index in [1.165, 1.54) is 327 Å². The van der Waals surface area contributed by atoms with Gasteiger partial charge in [-0.25, -0.2) is 0 Å². The van der Waals surface area contributed by atoms with Gasteiger partial charge in [-0.1, -0.05) is 351 Å². The highest BCUT2D eigenvalue weighted by Gasteiger charge is 2.18.